The standard InChI is InChI=1S/C8H12O2/c1-10-6-8(9)7-4-2-3-5-7/h2-3,7H,4-6H2,1H3. The summed E-state index contributed by atoms with van der Waals surface area (Å²) in [5.41, 5.74) is 0. The highest BCUT2D eigenvalue weighted by Crippen LogP contribution is 2.18. The molecule has 0 radical (unpaired) electrons. The molecule has 0 bridgehead atoms. The Kier molecular flexibility index (Phi) is 2.63. The van der Waals surface area contributed by atoms with E-state index in [2.05, 4.69) is 12.2 Å². The van der Waals surface area contributed by atoms with E-state index in [4.69, 9.17) is 4.74 Å². The average Bonchev–Trinajstić information content (AvgIpc) is 2.38. The third-order valence-corrected chi connectivity index (χ3v) is 1.75. The van der Waals surface area contributed by atoms with E-state index < -0.39 is 0 Å². The van der Waals surface area contributed by atoms with E-state index >= 15 is 0 Å². The van der Waals surface area contributed by atoms with Gasteiger partial charge in [-0.2, -0.15) is 0 Å². The van der Waals surface area contributed by atoms with E-state index in [1.807, 2.05) is 0 Å². The zero-order valence-electron chi connectivity index (χ0n) is 6.17. The number of carbonyl (C=O) groups excluding carboxylic acids is 1. The van der Waals surface area contributed by atoms with Crippen LogP contribution < -0.4 is 0 Å². The van der Waals surface area contributed by atoms with Crippen molar-refractivity contribution in [3.63, 3.8) is 0 Å². The monoisotopic (exact) mass is 140 g/mol. The fraction of sp³-hybridized carbons (Fsp3) is 0.625. The SMILES string of the molecule is COCC(=O)C1CC=CC1. The molecule has 0 amide bonds. The van der Waals surface area contributed by atoms with Crippen molar-refractivity contribution in [3.8, 4) is 0 Å². The first-order valence-electron chi connectivity index (χ1n) is 3.51. The number of ether oxygens (including phenoxy) is 1. The Morgan fingerprint density at radius 3 is 2.70 bits per heavy atom. The van der Waals surface area contributed by atoms with E-state index in [1.54, 1.807) is 7.11 Å². The Hall–Kier alpha value is -0.630. The maximum Gasteiger partial charge on any atom is 0.162 e. The second kappa shape index (κ2) is 3.52. The van der Waals surface area contributed by atoms with E-state index in [9.17, 15) is 4.79 Å². The maximum absolute atomic E-state index is 11.1. The predicted octanol–water partition coefficient (Wildman–Crippen LogP) is 1.17. The van der Waals surface area contributed by atoms with E-state index in [-0.39, 0.29) is 18.3 Å². The molecule has 2 heteroatoms. The van der Waals surface area contributed by atoms with Crippen molar-refractivity contribution in [1.29, 1.82) is 0 Å². The molecule has 0 unspecified atom stereocenters. The minimum absolute atomic E-state index is 0.208. The van der Waals surface area contributed by atoms with Gasteiger partial charge in [-0.3, -0.25) is 4.79 Å². The van der Waals surface area contributed by atoms with Gasteiger partial charge in [-0.1, -0.05) is 12.2 Å². The van der Waals surface area contributed by atoms with Crippen LogP contribution in [0.25, 0.3) is 0 Å². The van der Waals surface area contributed by atoms with Gasteiger partial charge in [0.25, 0.3) is 0 Å². The van der Waals surface area contributed by atoms with E-state index in [0.29, 0.717) is 0 Å². The zero-order chi connectivity index (χ0) is 7.40. The van der Waals surface area contributed by atoms with Crippen molar-refractivity contribution in [2.45, 2.75) is 12.8 Å². The third kappa shape index (κ3) is 1.67. The highest BCUT2D eigenvalue weighted by atomic mass is 16.5. The van der Waals surface area contributed by atoms with E-state index in [0.717, 1.165) is 12.8 Å². The molecule has 0 saturated heterocycles. The van der Waals surface area contributed by atoms with Gasteiger partial charge < -0.3 is 4.74 Å². The van der Waals surface area contributed by atoms with Crippen molar-refractivity contribution < 1.29 is 9.53 Å². The minimum Gasteiger partial charge on any atom is -0.377 e. The molecule has 10 heavy (non-hydrogen) atoms. The molecule has 0 N–H and O–H groups in total. The van der Waals surface area contributed by atoms with Crippen molar-refractivity contribution in [3.05, 3.63) is 12.2 Å². The summed E-state index contributed by atoms with van der Waals surface area (Å²) < 4.78 is 4.74. The third-order valence-electron chi connectivity index (χ3n) is 1.75. The van der Waals surface area contributed by atoms with Gasteiger partial charge in [0.15, 0.2) is 5.78 Å². The van der Waals surface area contributed by atoms with Crippen LogP contribution in [0.4, 0.5) is 0 Å². The first-order valence-corrected chi connectivity index (χ1v) is 3.51. The Morgan fingerprint density at radius 2 is 2.20 bits per heavy atom. The average molecular weight is 140 g/mol. The number of hydrogen-bond donors (Lipinski definition) is 0. The zero-order valence-corrected chi connectivity index (χ0v) is 6.17. The second-order valence-corrected chi connectivity index (χ2v) is 2.54. The quantitative estimate of drug-likeness (QED) is 0.550. The molecule has 1 aliphatic carbocycles. The van der Waals surface area contributed by atoms with Crippen LogP contribution in [0.1, 0.15) is 12.8 Å². The summed E-state index contributed by atoms with van der Waals surface area (Å²) >= 11 is 0. The highest BCUT2D eigenvalue weighted by molar-refractivity contribution is 5.82. The molecule has 0 saturated carbocycles. The predicted molar refractivity (Wildman–Crippen MR) is 38.7 cm³/mol. The molecule has 0 aromatic carbocycles. The van der Waals surface area contributed by atoms with Gasteiger partial charge in [0, 0.05) is 13.0 Å². The summed E-state index contributed by atoms with van der Waals surface area (Å²) in [4.78, 5) is 11.1. The number of methoxy groups -OCH3 is 1. The summed E-state index contributed by atoms with van der Waals surface area (Å²) in [6.45, 7) is 0.270. The molecule has 0 aromatic rings. The normalized spacial score (nSPS) is 18.1. The highest BCUT2D eigenvalue weighted by Gasteiger charge is 2.17. The van der Waals surface area contributed by atoms with Gasteiger partial charge in [-0.25, -0.2) is 0 Å². The van der Waals surface area contributed by atoms with Crippen molar-refractivity contribution in [2.24, 2.45) is 5.92 Å². The molecular weight excluding hydrogens is 128 g/mol. The lowest BCUT2D eigenvalue weighted by molar-refractivity contribution is -0.126. The van der Waals surface area contributed by atoms with Crippen LogP contribution in [0.15, 0.2) is 12.2 Å². The molecule has 0 fully saturated rings. The number of Topliss-reactive ketones (excluding diaryl/α,β-unsaturated/α-hetero) is 1. The molecule has 2 nitrogen and oxygen atoms in total. The van der Waals surface area contributed by atoms with Gasteiger partial charge >= 0.3 is 0 Å². The lowest BCUT2D eigenvalue weighted by atomic mass is 10.0. The number of carbonyl (C=O) groups is 1. The first kappa shape index (κ1) is 7.48. The minimum atomic E-state index is 0.208. The van der Waals surface area contributed by atoms with Crippen LogP contribution >= 0.6 is 0 Å². The van der Waals surface area contributed by atoms with Gasteiger partial charge in [0.2, 0.25) is 0 Å². The van der Waals surface area contributed by atoms with Crippen molar-refractivity contribution >= 4 is 5.78 Å². The Bertz CT molecular complexity index is 141. The maximum atomic E-state index is 11.1. The Balaban J connectivity index is 2.28. The van der Waals surface area contributed by atoms with Gasteiger partial charge in [-0.05, 0) is 12.8 Å². The smallest absolute Gasteiger partial charge is 0.162 e. The number of hydrogen-bond acceptors (Lipinski definition) is 2. The topological polar surface area (TPSA) is 26.3 Å². The summed E-state index contributed by atoms with van der Waals surface area (Å²) in [6.07, 6.45) is 5.92. The molecule has 1 aliphatic rings. The Morgan fingerprint density at radius 1 is 1.60 bits per heavy atom. The summed E-state index contributed by atoms with van der Waals surface area (Å²) in [5, 5.41) is 0. The van der Waals surface area contributed by atoms with Crippen LogP contribution in [0, 0.1) is 5.92 Å². The first-order chi connectivity index (χ1) is 4.84. The molecule has 0 aromatic heterocycles. The number of ketones is 1. The van der Waals surface area contributed by atoms with Crippen molar-refractivity contribution in [1.82, 2.24) is 0 Å². The summed E-state index contributed by atoms with van der Waals surface area (Å²) in [7, 11) is 1.56. The molecule has 0 heterocycles. The van der Waals surface area contributed by atoms with Gasteiger partial charge in [0.1, 0.15) is 6.61 Å². The van der Waals surface area contributed by atoms with E-state index in [1.165, 1.54) is 0 Å². The van der Waals surface area contributed by atoms with Gasteiger partial charge in [0.05, 0.1) is 0 Å². The largest absolute Gasteiger partial charge is 0.377 e. The van der Waals surface area contributed by atoms with Crippen molar-refractivity contribution in [2.75, 3.05) is 13.7 Å². The molecule has 56 valence electrons. The number of rotatable bonds is 3. The lowest BCUT2D eigenvalue weighted by Gasteiger charge is -2.05. The lowest BCUT2D eigenvalue weighted by Crippen LogP contribution is -2.16. The van der Waals surface area contributed by atoms with Gasteiger partial charge in [-0.15, -0.1) is 0 Å². The fourth-order valence-electron chi connectivity index (χ4n) is 1.14. The summed E-state index contributed by atoms with van der Waals surface area (Å²) in [6, 6.07) is 0. The van der Waals surface area contributed by atoms with Crippen LogP contribution in [0.2, 0.25) is 0 Å². The fourth-order valence-corrected chi connectivity index (χ4v) is 1.14. The van der Waals surface area contributed by atoms with Crippen LogP contribution in [-0.4, -0.2) is 19.5 Å². The summed E-state index contributed by atoms with van der Waals surface area (Å²) in [5.74, 6) is 0.437. The molecular formula is C8H12O2. The molecule has 1 rings (SSSR count). The van der Waals surface area contributed by atoms with Crippen LogP contribution in [-0.2, 0) is 9.53 Å². The molecule has 0 atom stereocenters. The second-order valence-electron chi connectivity index (χ2n) is 2.54. The van der Waals surface area contributed by atoms with Crippen LogP contribution in [0.3, 0.4) is 0 Å². The molecule has 0 aliphatic heterocycles. The van der Waals surface area contributed by atoms with Crippen LogP contribution in [0.5, 0.6) is 0 Å². The number of allylic oxidation sites excluding steroid dienone is 2. The molecule has 0 spiro atoms. The Labute approximate surface area is 60.9 Å².